The molecule has 0 bridgehead atoms. The summed E-state index contributed by atoms with van der Waals surface area (Å²) in [5, 5.41) is 0.541. The molecule has 7 heteroatoms. The fourth-order valence-electron chi connectivity index (χ4n) is 3.10. The maximum Gasteiger partial charge on any atom is 0.410 e. The van der Waals surface area contributed by atoms with Crippen LogP contribution < -0.4 is 4.90 Å². The highest BCUT2D eigenvalue weighted by Crippen LogP contribution is 2.33. The summed E-state index contributed by atoms with van der Waals surface area (Å²) in [5.41, 5.74) is -0.446. The van der Waals surface area contributed by atoms with Gasteiger partial charge < -0.3 is 14.5 Å². The molecule has 3 heterocycles. The zero-order valence-electron chi connectivity index (χ0n) is 13.1. The van der Waals surface area contributed by atoms with Crippen molar-refractivity contribution in [3.05, 3.63) is 17.4 Å². The molecule has 2 unspecified atom stereocenters. The Hall–Kier alpha value is -1.56. The molecule has 2 atom stereocenters. The number of nitrogens with zero attached hydrogens (tertiary/aromatic N) is 4. The molecular weight excluding hydrogens is 304 g/mol. The van der Waals surface area contributed by atoms with Crippen LogP contribution in [0.3, 0.4) is 0 Å². The van der Waals surface area contributed by atoms with Crippen molar-refractivity contribution in [1.82, 2.24) is 14.9 Å². The van der Waals surface area contributed by atoms with Crippen LogP contribution in [0.4, 0.5) is 10.7 Å². The number of hydrogen-bond acceptors (Lipinski definition) is 5. The van der Waals surface area contributed by atoms with Gasteiger partial charge in [0.1, 0.15) is 5.60 Å². The van der Waals surface area contributed by atoms with Crippen molar-refractivity contribution in [2.45, 2.75) is 26.4 Å². The Morgan fingerprint density at radius 1 is 1.18 bits per heavy atom. The van der Waals surface area contributed by atoms with Crippen molar-refractivity contribution in [2.24, 2.45) is 11.8 Å². The first-order valence-electron chi connectivity index (χ1n) is 7.52. The number of halogens is 1. The Bertz CT molecular complexity index is 544. The zero-order chi connectivity index (χ0) is 15.9. The molecule has 0 aliphatic carbocycles. The zero-order valence-corrected chi connectivity index (χ0v) is 13.9. The minimum atomic E-state index is -0.446. The number of anilines is 1. The average Bonchev–Trinajstić information content (AvgIpc) is 2.95. The van der Waals surface area contributed by atoms with Gasteiger partial charge in [0.15, 0.2) is 0 Å². The molecule has 6 nitrogen and oxygen atoms in total. The van der Waals surface area contributed by atoms with E-state index in [0.717, 1.165) is 26.2 Å². The second-order valence-electron chi connectivity index (χ2n) is 7.01. The molecule has 120 valence electrons. The normalized spacial score (nSPS) is 24.5. The van der Waals surface area contributed by atoms with E-state index in [1.54, 1.807) is 12.4 Å². The molecular formula is C15H21ClN4O2. The molecule has 2 saturated heterocycles. The van der Waals surface area contributed by atoms with Crippen LogP contribution in [-0.4, -0.2) is 52.7 Å². The van der Waals surface area contributed by atoms with Gasteiger partial charge in [0, 0.05) is 38.0 Å². The molecule has 1 aromatic heterocycles. The highest BCUT2D eigenvalue weighted by Gasteiger charge is 2.43. The second-order valence-corrected chi connectivity index (χ2v) is 7.45. The number of aromatic nitrogens is 2. The van der Waals surface area contributed by atoms with E-state index in [9.17, 15) is 4.79 Å². The second kappa shape index (κ2) is 5.57. The van der Waals surface area contributed by atoms with Crippen LogP contribution in [0.1, 0.15) is 20.8 Å². The van der Waals surface area contributed by atoms with E-state index >= 15 is 0 Å². The average molecular weight is 325 g/mol. The molecule has 22 heavy (non-hydrogen) atoms. The SMILES string of the molecule is CC(C)(C)OC(=O)N1CC2CN(c3ncc(Cl)cn3)CC2C1. The third-order valence-electron chi connectivity index (χ3n) is 4.03. The van der Waals surface area contributed by atoms with Crippen molar-refractivity contribution in [1.29, 1.82) is 0 Å². The van der Waals surface area contributed by atoms with E-state index in [4.69, 9.17) is 16.3 Å². The number of rotatable bonds is 1. The molecule has 0 N–H and O–H groups in total. The molecule has 0 radical (unpaired) electrons. The van der Waals surface area contributed by atoms with Crippen molar-refractivity contribution in [3.8, 4) is 0 Å². The summed E-state index contributed by atoms with van der Waals surface area (Å²) < 4.78 is 5.45. The topological polar surface area (TPSA) is 58.6 Å². The maximum atomic E-state index is 12.1. The number of likely N-dealkylation sites (tertiary alicyclic amines) is 1. The summed E-state index contributed by atoms with van der Waals surface area (Å²) >= 11 is 5.82. The Morgan fingerprint density at radius 3 is 2.23 bits per heavy atom. The van der Waals surface area contributed by atoms with Gasteiger partial charge in [-0.2, -0.15) is 0 Å². The molecule has 0 saturated carbocycles. The summed E-state index contributed by atoms with van der Waals surface area (Å²) in [6, 6.07) is 0. The van der Waals surface area contributed by atoms with Gasteiger partial charge in [-0.05, 0) is 20.8 Å². The van der Waals surface area contributed by atoms with Gasteiger partial charge in [0.2, 0.25) is 5.95 Å². The number of carbonyl (C=O) groups is 1. The summed E-state index contributed by atoms with van der Waals surface area (Å²) in [4.78, 5) is 24.7. The van der Waals surface area contributed by atoms with Crippen molar-refractivity contribution in [3.63, 3.8) is 0 Å². The summed E-state index contributed by atoms with van der Waals surface area (Å²) in [7, 11) is 0. The maximum absolute atomic E-state index is 12.1. The van der Waals surface area contributed by atoms with Gasteiger partial charge >= 0.3 is 6.09 Å². The van der Waals surface area contributed by atoms with Gasteiger partial charge in [-0.3, -0.25) is 0 Å². The van der Waals surface area contributed by atoms with Crippen LogP contribution in [0, 0.1) is 11.8 Å². The highest BCUT2D eigenvalue weighted by molar-refractivity contribution is 6.30. The Balaban J connectivity index is 1.58. The molecule has 1 aromatic rings. The van der Waals surface area contributed by atoms with Crippen LogP contribution in [-0.2, 0) is 4.74 Å². The summed E-state index contributed by atoms with van der Waals surface area (Å²) in [6.07, 6.45) is 3.02. The van der Waals surface area contributed by atoms with Crippen LogP contribution in [0.15, 0.2) is 12.4 Å². The van der Waals surface area contributed by atoms with Crippen LogP contribution in [0.5, 0.6) is 0 Å². The minimum Gasteiger partial charge on any atom is -0.444 e. The lowest BCUT2D eigenvalue weighted by Crippen LogP contribution is -2.37. The number of ether oxygens (including phenoxy) is 1. The van der Waals surface area contributed by atoms with Gasteiger partial charge in [-0.1, -0.05) is 11.6 Å². The largest absolute Gasteiger partial charge is 0.444 e. The molecule has 2 aliphatic heterocycles. The van der Waals surface area contributed by atoms with Gasteiger partial charge in [-0.25, -0.2) is 14.8 Å². The van der Waals surface area contributed by atoms with Crippen LogP contribution in [0.2, 0.25) is 5.02 Å². The van der Waals surface area contributed by atoms with Crippen molar-refractivity contribution < 1.29 is 9.53 Å². The first kappa shape index (κ1) is 15.3. The van der Waals surface area contributed by atoms with Crippen LogP contribution in [0.25, 0.3) is 0 Å². The molecule has 1 amide bonds. The molecule has 0 aromatic carbocycles. The lowest BCUT2D eigenvalue weighted by atomic mass is 10.0. The quantitative estimate of drug-likeness (QED) is 0.794. The number of fused-ring (bicyclic) bond motifs is 1. The Morgan fingerprint density at radius 2 is 1.73 bits per heavy atom. The summed E-state index contributed by atoms with van der Waals surface area (Å²) in [5.74, 6) is 1.61. The predicted molar refractivity (Wildman–Crippen MR) is 84.0 cm³/mol. The van der Waals surface area contributed by atoms with Gasteiger partial charge in [0.25, 0.3) is 0 Å². The highest BCUT2D eigenvalue weighted by atomic mass is 35.5. The lowest BCUT2D eigenvalue weighted by Gasteiger charge is -2.26. The molecule has 2 aliphatic rings. The predicted octanol–water partition coefficient (Wildman–Crippen LogP) is 2.43. The third-order valence-corrected chi connectivity index (χ3v) is 4.22. The van der Waals surface area contributed by atoms with Crippen molar-refractivity contribution >= 4 is 23.6 Å². The van der Waals surface area contributed by atoms with E-state index in [-0.39, 0.29) is 6.09 Å². The summed E-state index contributed by atoms with van der Waals surface area (Å²) in [6.45, 7) is 8.88. The van der Waals surface area contributed by atoms with E-state index in [1.807, 2.05) is 25.7 Å². The first-order valence-corrected chi connectivity index (χ1v) is 7.90. The van der Waals surface area contributed by atoms with E-state index in [0.29, 0.717) is 22.8 Å². The third kappa shape index (κ3) is 3.27. The van der Waals surface area contributed by atoms with Gasteiger partial charge in [-0.15, -0.1) is 0 Å². The van der Waals surface area contributed by atoms with Crippen molar-refractivity contribution in [2.75, 3.05) is 31.1 Å². The standard InChI is InChI=1S/C15H21ClN4O2/c1-15(2,3)22-14(21)20-8-10-6-19(7-11(10)9-20)13-17-4-12(16)5-18-13/h4-5,10-11H,6-9H2,1-3H3. The lowest BCUT2D eigenvalue weighted by molar-refractivity contribution is 0.0282. The fraction of sp³-hybridized carbons (Fsp3) is 0.667. The molecule has 3 rings (SSSR count). The monoisotopic (exact) mass is 324 g/mol. The minimum absolute atomic E-state index is 0.212. The number of hydrogen-bond donors (Lipinski definition) is 0. The first-order chi connectivity index (χ1) is 10.3. The Kier molecular flexibility index (Phi) is 3.89. The van der Waals surface area contributed by atoms with E-state index in [1.165, 1.54) is 0 Å². The van der Waals surface area contributed by atoms with Crippen LogP contribution >= 0.6 is 11.6 Å². The smallest absolute Gasteiger partial charge is 0.410 e. The molecule has 2 fully saturated rings. The van der Waals surface area contributed by atoms with Gasteiger partial charge in [0.05, 0.1) is 17.4 Å². The Labute approximate surface area is 135 Å². The van der Waals surface area contributed by atoms with E-state index < -0.39 is 5.60 Å². The molecule has 0 spiro atoms. The fourth-order valence-corrected chi connectivity index (χ4v) is 3.20. The number of carbonyl (C=O) groups excluding carboxylic acids is 1. The van der Waals surface area contributed by atoms with E-state index in [2.05, 4.69) is 14.9 Å². The number of amides is 1.